The molecule has 0 atom stereocenters. The first-order valence-corrected chi connectivity index (χ1v) is 40.9. The summed E-state index contributed by atoms with van der Waals surface area (Å²) in [6.07, 6.45) is 0. The second kappa shape index (κ2) is 29.6. The molecule has 0 heterocycles. The number of hydrogen-bond donors (Lipinski definition) is 0. The van der Waals surface area contributed by atoms with Gasteiger partial charge in [-0.25, -0.2) is 0 Å². The molecule has 0 radical (unpaired) electrons. The number of rotatable bonds is 8. The van der Waals surface area contributed by atoms with Crippen LogP contribution in [0.15, 0.2) is 461 Å². The summed E-state index contributed by atoms with van der Waals surface area (Å²) in [4.78, 5) is 0. The highest BCUT2D eigenvalue weighted by Gasteiger charge is 2.23. The normalized spacial score (nSPS) is 11.6. The minimum absolute atomic E-state index is 1.23. The van der Waals surface area contributed by atoms with Gasteiger partial charge < -0.3 is 0 Å². The topological polar surface area (TPSA) is 0 Å². The monoisotopic (exact) mass is 1490 g/mol. The van der Waals surface area contributed by atoms with E-state index in [0.29, 0.717) is 0 Å². The minimum atomic E-state index is 1.23. The molecular formula is C118H76. The van der Waals surface area contributed by atoms with Crippen molar-refractivity contribution < 1.29 is 0 Å². The van der Waals surface area contributed by atoms with Gasteiger partial charge in [0.15, 0.2) is 0 Å². The van der Waals surface area contributed by atoms with Crippen LogP contribution >= 0.6 is 0 Å². The molecule has 24 aromatic carbocycles. The second-order valence-electron chi connectivity index (χ2n) is 31.1. The fourth-order valence-corrected chi connectivity index (χ4v) is 19.2. The molecule has 0 fully saturated rings. The van der Waals surface area contributed by atoms with E-state index in [1.807, 2.05) is 0 Å². The predicted molar refractivity (Wildman–Crippen MR) is 510 cm³/mol. The van der Waals surface area contributed by atoms with Crippen LogP contribution < -0.4 is 0 Å². The van der Waals surface area contributed by atoms with Gasteiger partial charge in [0.25, 0.3) is 0 Å². The lowest BCUT2D eigenvalue weighted by atomic mass is 9.83. The van der Waals surface area contributed by atoms with Gasteiger partial charge in [-0.05, 0) is 265 Å². The Balaban J connectivity index is 0.000000107. The van der Waals surface area contributed by atoms with Gasteiger partial charge in [-0.2, -0.15) is 0 Å². The highest BCUT2D eigenvalue weighted by Crippen LogP contribution is 2.51. The Morgan fingerprint density at radius 1 is 0.0847 bits per heavy atom. The van der Waals surface area contributed by atoms with Gasteiger partial charge in [-0.1, -0.05) is 425 Å². The first-order chi connectivity index (χ1) is 58.6. The van der Waals surface area contributed by atoms with Gasteiger partial charge in [0.2, 0.25) is 0 Å². The molecule has 0 aromatic heterocycles. The molecule has 0 N–H and O–H groups in total. The van der Waals surface area contributed by atoms with Crippen LogP contribution in [0.5, 0.6) is 0 Å². The van der Waals surface area contributed by atoms with Crippen molar-refractivity contribution in [1.82, 2.24) is 0 Å². The van der Waals surface area contributed by atoms with Gasteiger partial charge in [-0.3, -0.25) is 0 Å². The van der Waals surface area contributed by atoms with Crippen LogP contribution in [0.3, 0.4) is 0 Å². The van der Waals surface area contributed by atoms with Crippen molar-refractivity contribution >= 4 is 140 Å². The molecule has 0 bridgehead atoms. The van der Waals surface area contributed by atoms with Crippen LogP contribution in [0.2, 0.25) is 0 Å². The fourth-order valence-electron chi connectivity index (χ4n) is 19.2. The highest BCUT2D eigenvalue weighted by molar-refractivity contribution is 6.28. The average Bonchev–Trinajstić information content (AvgIpc) is 0.731. The number of fused-ring (bicyclic) bond motifs is 15. The van der Waals surface area contributed by atoms with Gasteiger partial charge in [0, 0.05) is 0 Å². The van der Waals surface area contributed by atoms with Crippen LogP contribution in [0.1, 0.15) is 0 Å². The molecule has 0 spiro atoms. The Morgan fingerprint density at radius 2 is 0.339 bits per heavy atom. The minimum Gasteiger partial charge on any atom is -0.0622 e. The van der Waals surface area contributed by atoms with Crippen molar-refractivity contribution in [3.05, 3.63) is 461 Å². The molecule has 24 rings (SSSR count). The van der Waals surface area contributed by atoms with E-state index in [4.69, 9.17) is 0 Å². The molecule has 0 unspecified atom stereocenters. The van der Waals surface area contributed by atoms with Crippen LogP contribution in [0.25, 0.3) is 229 Å². The lowest BCUT2D eigenvalue weighted by Crippen LogP contribution is -1.92. The van der Waals surface area contributed by atoms with E-state index in [-0.39, 0.29) is 0 Å². The zero-order valence-corrected chi connectivity index (χ0v) is 64.9. The van der Waals surface area contributed by atoms with E-state index in [0.717, 1.165) is 0 Å². The molecule has 0 aliphatic rings. The van der Waals surface area contributed by atoms with Crippen molar-refractivity contribution in [2.24, 2.45) is 0 Å². The maximum absolute atomic E-state index is 2.39. The van der Waals surface area contributed by atoms with Gasteiger partial charge in [0.1, 0.15) is 0 Å². The molecule has 0 heteroatoms. The van der Waals surface area contributed by atoms with Crippen LogP contribution in [-0.4, -0.2) is 0 Å². The lowest BCUT2D eigenvalue weighted by Gasteiger charge is -2.19. The summed E-state index contributed by atoms with van der Waals surface area (Å²) in [5.41, 5.74) is 20.3. The second-order valence-corrected chi connectivity index (χ2v) is 31.1. The SMILES string of the molecule is c1cc(-c2c3ccccc3c(-c3cccc4ccccc34)c3ccccc23)cc(-c2cc3ccccc3c3ccccc23)c1.c1ccc(-c2c3ccccc3c(-c3cccc(-c4ccc5ccccc5c4)c3)c3ccccc23)cc1.c1ccc2cc(-c3c4ccccc4c(-c4cc5ccccc5c5ccccc45)c4ccccc34)ccc2c1. The standard InChI is InChI=1S/C44H28.C38H24.C36H24/c1-3-18-33-29(13-1)15-12-26-37(33)44-40-24-9-7-22-38(40)43(39-23-8-10-25-41(39)44)32-17-11-16-30(27-32)42-28-31-14-2-4-19-34(31)35-20-5-6-21-36(35)42;1-2-12-26-23-28(22-21-25(26)11-1)37-32-17-7-9-19-34(32)38(35-20-10-8-18-33(35)37)36-24-27-13-3-4-14-29(27)30-15-5-6-16-31(30)36;1-2-12-26(13-3-1)35-31-17-6-8-19-33(31)36(34-20-9-7-18-32(34)35)30-16-10-15-28(24-30)29-22-21-25-11-4-5-14-27(25)23-29/h1-28H;1-24H;1-24H. The molecule has 0 aliphatic carbocycles. The Bertz CT molecular complexity index is 7950. The molecule has 548 valence electrons. The number of benzene rings is 24. The molecule has 24 aromatic rings. The summed E-state index contributed by atoms with van der Waals surface area (Å²) < 4.78 is 0. The fraction of sp³-hybridized carbons (Fsp3) is 0. The van der Waals surface area contributed by atoms with Gasteiger partial charge in [-0.15, -0.1) is 0 Å². The van der Waals surface area contributed by atoms with Crippen molar-refractivity contribution in [3.8, 4) is 89.0 Å². The quantitative estimate of drug-likeness (QED) is 0.105. The van der Waals surface area contributed by atoms with Crippen molar-refractivity contribution in [2.75, 3.05) is 0 Å². The summed E-state index contributed by atoms with van der Waals surface area (Å²) in [6.45, 7) is 0. The maximum atomic E-state index is 2.39. The maximum Gasteiger partial charge on any atom is -0.00199 e. The first-order valence-electron chi connectivity index (χ1n) is 40.9. The molecule has 0 nitrogen and oxygen atoms in total. The largest absolute Gasteiger partial charge is 0.0622 e. The zero-order chi connectivity index (χ0) is 78.0. The third-order valence-electron chi connectivity index (χ3n) is 24.5. The smallest absolute Gasteiger partial charge is 0.00199 e. The van der Waals surface area contributed by atoms with E-state index in [1.54, 1.807) is 0 Å². The van der Waals surface area contributed by atoms with Crippen LogP contribution in [0, 0.1) is 0 Å². The average molecular weight is 1490 g/mol. The zero-order valence-electron chi connectivity index (χ0n) is 64.9. The lowest BCUT2D eigenvalue weighted by molar-refractivity contribution is 1.62. The summed E-state index contributed by atoms with van der Waals surface area (Å²) in [7, 11) is 0. The summed E-state index contributed by atoms with van der Waals surface area (Å²) in [5.74, 6) is 0. The van der Waals surface area contributed by atoms with Crippen molar-refractivity contribution in [3.63, 3.8) is 0 Å². The molecule has 118 heavy (non-hydrogen) atoms. The van der Waals surface area contributed by atoms with E-state index < -0.39 is 0 Å². The Kier molecular flexibility index (Phi) is 17.4. The Morgan fingerprint density at radius 3 is 0.797 bits per heavy atom. The molecule has 0 saturated heterocycles. The van der Waals surface area contributed by atoms with E-state index >= 15 is 0 Å². The third kappa shape index (κ3) is 12.1. The Labute approximate surface area is 685 Å². The van der Waals surface area contributed by atoms with E-state index in [2.05, 4.69) is 461 Å². The molecular weight excluding hydrogens is 1420 g/mol. The van der Waals surface area contributed by atoms with Crippen molar-refractivity contribution in [2.45, 2.75) is 0 Å². The summed E-state index contributed by atoms with van der Waals surface area (Å²) in [5, 5.41) is 33.3. The molecule has 0 aliphatic heterocycles. The summed E-state index contributed by atoms with van der Waals surface area (Å²) >= 11 is 0. The summed E-state index contributed by atoms with van der Waals surface area (Å²) in [6, 6.07) is 168. The first kappa shape index (κ1) is 69.4. The van der Waals surface area contributed by atoms with Crippen molar-refractivity contribution in [1.29, 1.82) is 0 Å². The van der Waals surface area contributed by atoms with E-state index in [9.17, 15) is 0 Å². The van der Waals surface area contributed by atoms with E-state index in [1.165, 1.54) is 229 Å². The van der Waals surface area contributed by atoms with Crippen LogP contribution in [-0.2, 0) is 0 Å². The van der Waals surface area contributed by atoms with Gasteiger partial charge >= 0.3 is 0 Å². The van der Waals surface area contributed by atoms with Crippen LogP contribution in [0.4, 0.5) is 0 Å². The number of hydrogen-bond acceptors (Lipinski definition) is 0. The highest BCUT2D eigenvalue weighted by atomic mass is 14.3. The third-order valence-corrected chi connectivity index (χ3v) is 24.5. The predicted octanol–water partition coefficient (Wildman–Crippen LogP) is 33.4. The molecule has 0 amide bonds. The molecule has 0 saturated carbocycles. The van der Waals surface area contributed by atoms with Gasteiger partial charge in [0.05, 0.1) is 0 Å². The Hall–Kier alpha value is -15.3.